The second-order valence-electron chi connectivity index (χ2n) is 7.87. The molecular formula is C21H24N6O4. The van der Waals surface area contributed by atoms with Crippen LogP contribution in [-0.4, -0.2) is 48.1 Å². The Balaban J connectivity index is 1.41. The van der Waals surface area contributed by atoms with Crippen LogP contribution >= 0.6 is 0 Å². The van der Waals surface area contributed by atoms with E-state index in [-0.39, 0.29) is 24.1 Å². The predicted octanol–water partition coefficient (Wildman–Crippen LogP) is 1.88. The average Bonchev–Trinajstić information content (AvgIpc) is 2.78. The molecule has 10 nitrogen and oxygen atoms in total. The topological polar surface area (TPSA) is 132 Å². The van der Waals surface area contributed by atoms with Crippen LogP contribution in [0.15, 0.2) is 18.2 Å². The number of carbonyl (C=O) groups is 2. The van der Waals surface area contributed by atoms with Gasteiger partial charge in [0.05, 0.1) is 11.5 Å². The van der Waals surface area contributed by atoms with Gasteiger partial charge in [0, 0.05) is 31.3 Å². The van der Waals surface area contributed by atoms with Gasteiger partial charge in [0.15, 0.2) is 11.5 Å². The predicted molar refractivity (Wildman–Crippen MR) is 115 cm³/mol. The van der Waals surface area contributed by atoms with Crippen molar-refractivity contribution in [2.45, 2.75) is 31.6 Å². The van der Waals surface area contributed by atoms with Crippen molar-refractivity contribution in [3.63, 3.8) is 0 Å². The maximum absolute atomic E-state index is 13.1. The quantitative estimate of drug-likeness (QED) is 0.681. The number of rotatable bonds is 3. The first-order chi connectivity index (χ1) is 15.1. The number of ether oxygens (including phenoxy) is 2. The maximum Gasteiger partial charge on any atom is 0.232 e. The van der Waals surface area contributed by atoms with Gasteiger partial charge in [-0.25, -0.2) is 0 Å². The number of nitrogens with two attached hydrogens (primary N) is 1. The lowest BCUT2D eigenvalue weighted by Gasteiger charge is -2.30. The molecule has 3 aliphatic rings. The zero-order valence-electron chi connectivity index (χ0n) is 17.0. The van der Waals surface area contributed by atoms with Crippen molar-refractivity contribution in [3.05, 3.63) is 23.8 Å². The summed E-state index contributed by atoms with van der Waals surface area (Å²) in [6, 6.07) is 5.18. The Labute approximate surface area is 179 Å². The Hall–Kier alpha value is -3.56. The third-order valence-corrected chi connectivity index (χ3v) is 5.72. The highest BCUT2D eigenvalue weighted by Gasteiger charge is 2.35. The molecule has 4 N–H and O–H groups in total. The monoisotopic (exact) mass is 424 g/mol. The third-order valence-electron chi connectivity index (χ3n) is 5.72. The first kappa shape index (κ1) is 19.4. The van der Waals surface area contributed by atoms with Gasteiger partial charge in [0.1, 0.15) is 24.8 Å². The lowest BCUT2D eigenvalue weighted by atomic mass is 9.92. The van der Waals surface area contributed by atoms with Crippen LogP contribution in [0.1, 0.15) is 37.2 Å². The average molecular weight is 424 g/mol. The number of fused-ring (bicyclic) bond motifs is 2. The number of benzene rings is 1. The molecule has 5 rings (SSSR count). The number of piperidine rings is 1. The van der Waals surface area contributed by atoms with Crippen LogP contribution in [0, 0.1) is 0 Å². The minimum atomic E-state index is -0.785. The van der Waals surface area contributed by atoms with Gasteiger partial charge in [0.25, 0.3) is 0 Å². The van der Waals surface area contributed by atoms with Crippen molar-refractivity contribution >= 4 is 35.1 Å². The molecule has 0 aliphatic carbocycles. The van der Waals surface area contributed by atoms with Crippen LogP contribution in [0.25, 0.3) is 0 Å². The van der Waals surface area contributed by atoms with Gasteiger partial charge in [-0.05, 0) is 31.4 Å². The standard InChI is InChI=1S/C21H24N6O4/c22-18-17-13(20(29)23-12-4-5-14-15(10-12)31-9-8-30-14)11-16(28)24-19(17)26-21(25-18)27-6-2-1-3-7-27/h4-5,10,13H,1-3,6-9,11H2,(H,23,29)(H3,22,24,25,26,28)/t13-/m0/s1. The summed E-state index contributed by atoms with van der Waals surface area (Å²) >= 11 is 0. The molecule has 3 aliphatic heterocycles. The molecule has 1 fully saturated rings. The summed E-state index contributed by atoms with van der Waals surface area (Å²) in [5.74, 6) is 0.803. The number of hydrogen-bond donors (Lipinski definition) is 3. The number of amides is 2. The summed E-state index contributed by atoms with van der Waals surface area (Å²) in [6.07, 6.45) is 3.27. The minimum absolute atomic E-state index is 0.0278. The van der Waals surface area contributed by atoms with Crippen molar-refractivity contribution in [2.24, 2.45) is 0 Å². The van der Waals surface area contributed by atoms with E-state index in [1.165, 1.54) is 6.42 Å². The van der Waals surface area contributed by atoms with Crippen LogP contribution in [0.2, 0.25) is 0 Å². The van der Waals surface area contributed by atoms with E-state index in [9.17, 15) is 9.59 Å². The molecule has 0 saturated carbocycles. The number of aromatic nitrogens is 2. The van der Waals surface area contributed by atoms with Crippen molar-refractivity contribution in [1.29, 1.82) is 0 Å². The van der Waals surface area contributed by atoms with Gasteiger partial charge >= 0.3 is 0 Å². The smallest absolute Gasteiger partial charge is 0.232 e. The third kappa shape index (κ3) is 3.80. The summed E-state index contributed by atoms with van der Waals surface area (Å²) < 4.78 is 11.1. The fourth-order valence-electron chi connectivity index (χ4n) is 4.19. The van der Waals surface area contributed by atoms with E-state index in [1.54, 1.807) is 18.2 Å². The van der Waals surface area contributed by atoms with E-state index in [2.05, 4.69) is 25.5 Å². The summed E-state index contributed by atoms with van der Waals surface area (Å²) in [6.45, 7) is 2.64. The van der Waals surface area contributed by atoms with Crippen LogP contribution in [0.3, 0.4) is 0 Å². The molecule has 1 aromatic heterocycles. The van der Waals surface area contributed by atoms with E-state index in [0.717, 1.165) is 25.9 Å². The number of hydrogen-bond acceptors (Lipinski definition) is 8. The summed E-state index contributed by atoms with van der Waals surface area (Å²) in [5.41, 5.74) is 7.26. The molecule has 2 aromatic rings. The normalized spacial score (nSPS) is 19.9. The molecule has 162 valence electrons. The summed E-state index contributed by atoms with van der Waals surface area (Å²) in [7, 11) is 0. The van der Waals surface area contributed by atoms with Crippen LogP contribution in [0.5, 0.6) is 11.5 Å². The Bertz CT molecular complexity index is 1040. The zero-order valence-corrected chi connectivity index (χ0v) is 17.0. The van der Waals surface area contributed by atoms with Crippen LogP contribution < -0.4 is 30.7 Å². The van der Waals surface area contributed by atoms with Crippen molar-refractivity contribution in [2.75, 3.05) is 47.6 Å². The highest BCUT2D eigenvalue weighted by atomic mass is 16.6. The second-order valence-corrected chi connectivity index (χ2v) is 7.87. The fourth-order valence-corrected chi connectivity index (χ4v) is 4.19. The van der Waals surface area contributed by atoms with Crippen molar-refractivity contribution in [1.82, 2.24) is 9.97 Å². The van der Waals surface area contributed by atoms with Crippen molar-refractivity contribution in [3.8, 4) is 11.5 Å². The molecule has 0 bridgehead atoms. The van der Waals surface area contributed by atoms with Gasteiger partial charge in [-0.15, -0.1) is 0 Å². The van der Waals surface area contributed by atoms with E-state index in [0.29, 0.717) is 47.7 Å². The lowest BCUT2D eigenvalue weighted by Crippen LogP contribution is -2.35. The number of nitrogens with one attached hydrogen (secondary N) is 2. The SMILES string of the molecule is Nc1nc(N2CCCCC2)nc2c1[C@@H](C(=O)Nc1ccc3c(c1)OCCO3)CC(=O)N2. The molecule has 2 amide bonds. The van der Waals surface area contributed by atoms with Gasteiger partial charge in [-0.2, -0.15) is 9.97 Å². The number of nitrogen functional groups attached to an aromatic ring is 1. The lowest BCUT2D eigenvalue weighted by molar-refractivity contribution is -0.123. The molecule has 31 heavy (non-hydrogen) atoms. The first-order valence-electron chi connectivity index (χ1n) is 10.5. The van der Waals surface area contributed by atoms with Crippen molar-refractivity contribution < 1.29 is 19.1 Å². The number of anilines is 4. The highest BCUT2D eigenvalue weighted by Crippen LogP contribution is 2.38. The van der Waals surface area contributed by atoms with Gasteiger partial charge in [0.2, 0.25) is 17.8 Å². The summed E-state index contributed by atoms with van der Waals surface area (Å²) in [4.78, 5) is 36.5. The Morgan fingerprint density at radius 2 is 1.90 bits per heavy atom. The van der Waals surface area contributed by atoms with E-state index in [1.807, 2.05) is 0 Å². The van der Waals surface area contributed by atoms with Gasteiger partial charge in [-0.3, -0.25) is 9.59 Å². The summed E-state index contributed by atoms with van der Waals surface area (Å²) in [5, 5.41) is 5.61. The van der Waals surface area contributed by atoms with Crippen LogP contribution in [-0.2, 0) is 9.59 Å². The minimum Gasteiger partial charge on any atom is -0.486 e. The fraction of sp³-hybridized carbons (Fsp3) is 0.429. The van der Waals surface area contributed by atoms with E-state index >= 15 is 0 Å². The Morgan fingerprint density at radius 3 is 2.71 bits per heavy atom. The first-order valence-corrected chi connectivity index (χ1v) is 10.5. The zero-order chi connectivity index (χ0) is 21.4. The number of carbonyl (C=O) groups excluding carboxylic acids is 2. The molecule has 0 spiro atoms. The van der Waals surface area contributed by atoms with Crippen LogP contribution in [0.4, 0.5) is 23.3 Å². The molecular weight excluding hydrogens is 400 g/mol. The largest absolute Gasteiger partial charge is 0.486 e. The second kappa shape index (κ2) is 7.93. The molecule has 1 atom stereocenters. The highest BCUT2D eigenvalue weighted by molar-refractivity contribution is 6.05. The van der Waals surface area contributed by atoms with Gasteiger partial charge < -0.3 is 30.7 Å². The maximum atomic E-state index is 13.1. The molecule has 1 aromatic carbocycles. The molecule has 0 unspecified atom stereocenters. The number of nitrogens with zero attached hydrogens (tertiary/aromatic N) is 3. The van der Waals surface area contributed by atoms with E-state index in [4.69, 9.17) is 15.2 Å². The molecule has 1 saturated heterocycles. The molecule has 10 heteroatoms. The Kier molecular flexibility index (Phi) is 4.97. The van der Waals surface area contributed by atoms with Gasteiger partial charge in [-0.1, -0.05) is 0 Å². The molecule has 4 heterocycles. The molecule has 0 radical (unpaired) electrons. The Morgan fingerprint density at radius 1 is 1.13 bits per heavy atom. The van der Waals surface area contributed by atoms with E-state index < -0.39 is 5.92 Å².